The molecule has 1 aromatic rings. The van der Waals surface area contributed by atoms with Crippen molar-refractivity contribution in [2.45, 2.75) is 25.4 Å². The zero-order valence-electron chi connectivity index (χ0n) is 10.6. The van der Waals surface area contributed by atoms with Crippen LogP contribution in [0.5, 0.6) is 5.75 Å². The van der Waals surface area contributed by atoms with E-state index in [0.29, 0.717) is 31.9 Å². The lowest BCUT2D eigenvalue weighted by atomic mass is 10.1. The van der Waals surface area contributed by atoms with Gasteiger partial charge in [0, 0.05) is 36.4 Å². The molecule has 2 aliphatic heterocycles. The third kappa shape index (κ3) is 2.52. The molecule has 0 aliphatic carbocycles. The van der Waals surface area contributed by atoms with E-state index in [1.54, 1.807) is 0 Å². The minimum absolute atomic E-state index is 0.245. The maximum Gasteiger partial charge on any atom is 0.189 e. The molecular weight excluding hydrogens is 248 g/mol. The second-order valence-electron chi connectivity index (χ2n) is 5.11. The number of hydrogen-bond acceptors (Lipinski definition) is 6. The third-order valence-corrected chi connectivity index (χ3v) is 3.54. The maximum atomic E-state index is 9.57. The van der Waals surface area contributed by atoms with Gasteiger partial charge in [-0.25, -0.2) is 0 Å². The molecule has 1 aromatic carbocycles. The van der Waals surface area contributed by atoms with E-state index in [1.807, 2.05) is 17.0 Å². The van der Waals surface area contributed by atoms with Crippen LogP contribution in [0.25, 0.3) is 0 Å². The number of nitrogen functional groups attached to an aromatic ring is 1. The first-order valence-electron chi connectivity index (χ1n) is 6.34. The molecule has 4 N–H and O–H groups in total. The summed E-state index contributed by atoms with van der Waals surface area (Å²) < 4.78 is 10.8. The molecule has 2 unspecified atom stereocenters. The normalized spacial score (nSPS) is 27.1. The van der Waals surface area contributed by atoms with E-state index in [2.05, 4.69) is 0 Å². The van der Waals surface area contributed by atoms with Gasteiger partial charge in [0.15, 0.2) is 6.79 Å². The Morgan fingerprint density at radius 2 is 2.00 bits per heavy atom. The van der Waals surface area contributed by atoms with Gasteiger partial charge in [-0.05, 0) is 12.1 Å². The Kier molecular flexibility index (Phi) is 3.32. The Labute approximate surface area is 111 Å². The number of aliphatic hydroxyl groups is 2. The summed E-state index contributed by atoms with van der Waals surface area (Å²) in [7, 11) is 0. The largest absolute Gasteiger partial charge is 0.467 e. The summed E-state index contributed by atoms with van der Waals surface area (Å²) in [6.45, 7) is 2.26. The lowest BCUT2D eigenvalue weighted by Gasteiger charge is -2.23. The smallest absolute Gasteiger partial charge is 0.189 e. The number of anilines is 1. The van der Waals surface area contributed by atoms with Gasteiger partial charge in [-0.1, -0.05) is 0 Å². The monoisotopic (exact) mass is 266 g/mol. The first-order valence-corrected chi connectivity index (χ1v) is 6.34. The molecule has 6 heteroatoms. The number of fused-ring (bicyclic) bond motifs is 1. The van der Waals surface area contributed by atoms with E-state index in [4.69, 9.17) is 15.2 Å². The van der Waals surface area contributed by atoms with Crippen molar-refractivity contribution < 1.29 is 19.7 Å². The molecule has 2 heterocycles. The fourth-order valence-electron chi connectivity index (χ4n) is 2.66. The highest BCUT2D eigenvalue weighted by atomic mass is 16.7. The number of β-amino-alcohol motifs (C(OH)–C–C–N with tert-alkyl or cyclic N) is 2. The quantitative estimate of drug-likeness (QED) is 0.635. The summed E-state index contributed by atoms with van der Waals surface area (Å²) >= 11 is 0. The van der Waals surface area contributed by atoms with Gasteiger partial charge < -0.3 is 25.4 Å². The van der Waals surface area contributed by atoms with Crippen LogP contribution in [0.15, 0.2) is 12.1 Å². The van der Waals surface area contributed by atoms with Crippen LogP contribution in [-0.4, -0.2) is 47.2 Å². The number of hydrogen-bond donors (Lipinski definition) is 3. The molecule has 19 heavy (non-hydrogen) atoms. The predicted molar refractivity (Wildman–Crippen MR) is 68.4 cm³/mol. The third-order valence-electron chi connectivity index (χ3n) is 3.54. The summed E-state index contributed by atoms with van der Waals surface area (Å²) in [6, 6.07) is 3.73. The highest BCUT2D eigenvalue weighted by Crippen LogP contribution is 2.32. The van der Waals surface area contributed by atoms with Gasteiger partial charge in [-0.3, -0.25) is 4.90 Å². The van der Waals surface area contributed by atoms with E-state index in [9.17, 15) is 10.2 Å². The van der Waals surface area contributed by atoms with Gasteiger partial charge in [0.1, 0.15) is 5.75 Å². The van der Waals surface area contributed by atoms with Gasteiger partial charge in [0.05, 0.1) is 18.8 Å². The maximum absolute atomic E-state index is 9.57. The van der Waals surface area contributed by atoms with Crippen LogP contribution in [0.2, 0.25) is 0 Å². The average molecular weight is 266 g/mol. The van der Waals surface area contributed by atoms with Crippen molar-refractivity contribution in [3.8, 4) is 5.75 Å². The highest BCUT2D eigenvalue weighted by molar-refractivity contribution is 5.53. The molecule has 0 amide bonds. The Balaban J connectivity index is 1.82. The molecule has 1 saturated heterocycles. The Hall–Kier alpha value is -1.34. The van der Waals surface area contributed by atoms with Crippen molar-refractivity contribution in [1.29, 1.82) is 0 Å². The number of aliphatic hydroxyl groups excluding tert-OH is 2. The number of likely N-dealkylation sites (tertiary alicyclic amines) is 1. The van der Waals surface area contributed by atoms with E-state index in [1.165, 1.54) is 0 Å². The van der Waals surface area contributed by atoms with Crippen LogP contribution < -0.4 is 10.5 Å². The minimum Gasteiger partial charge on any atom is -0.467 e. The molecule has 0 saturated carbocycles. The number of rotatable bonds is 2. The van der Waals surface area contributed by atoms with Crippen molar-refractivity contribution >= 4 is 5.69 Å². The van der Waals surface area contributed by atoms with Gasteiger partial charge >= 0.3 is 0 Å². The van der Waals surface area contributed by atoms with Crippen LogP contribution in [-0.2, 0) is 17.9 Å². The molecular formula is C13H18N2O4. The Morgan fingerprint density at radius 1 is 1.26 bits per heavy atom. The fraction of sp³-hybridized carbons (Fsp3) is 0.538. The lowest BCUT2D eigenvalue weighted by molar-refractivity contribution is -0.0174. The first-order chi connectivity index (χ1) is 9.13. The summed E-state index contributed by atoms with van der Waals surface area (Å²) in [5.41, 5.74) is 8.47. The first kappa shape index (κ1) is 12.7. The summed E-state index contributed by atoms with van der Waals surface area (Å²) in [5, 5.41) is 19.1. The Bertz CT molecular complexity index is 470. The fourth-order valence-corrected chi connectivity index (χ4v) is 2.66. The predicted octanol–water partition coefficient (Wildman–Crippen LogP) is -0.327. The summed E-state index contributed by atoms with van der Waals surface area (Å²) in [4.78, 5) is 1.99. The molecule has 0 bridgehead atoms. The van der Waals surface area contributed by atoms with Gasteiger partial charge in [-0.15, -0.1) is 0 Å². The standard InChI is InChI=1S/C13H18N2O4/c14-10-1-8(3-15-4-11(16)12(17)5-15)13-9(2-10)6-18-7-19-13/h1-2,11-12,16-17H,3-7,14H2. The summed E-state index contributed by atoms with van der Waals surface area (Å²) in [6.07, 6.45) is -1.36. The SMILES string of the molecule is Nc1cc2c(c(CN3CC(O)C(O)C3)c1)OCOC2. The molecule has 1 fully saturated rings. The number of nitrogens with zero attached hydrogens (tertiary/aromatic N) is 1. The molecule has 0 spiro atoms. The van der Waals surface area contributed by atoms with Gasteiger partial charge in [-0.2, -0.15) is 0 Å². The molecule has 0 radical (unpaired) electrons. The van der Waals surface area contributed by atoms with Crippen molar-refractivity contribution in [1.82, 2.24) is 4.90 Å². The van der Waals surface area contributed by atoms with Crippen LogP contribution in [0.3, 0.4) is 0 Å². The highest BCUT2D eigenvalue weighted by Gasteiger charge is 2.30. The van der Waals surface area contributed by atoms with Crippen LogP contribution >= 0.6 is 0 Å². The molecule has 0 aromatic heterocycles. The second kappa shape index (κ2) is 4.97. The second-order valence-corrected chi connectivity index (χ2v) is 5.11. The molecule has 2 aliphatic rings. The van der Waals surface area contributed by atoms with Crippen molar-refractivity contribution in [3.63, 3.8) is 0 Å². The van der Waals surface area contributed by atoms with Gasteiger partial charge in [0.25, 0.3) is 0 Å². The molecule has 6 nitrogen and oxygen atoms in total. The topological polar surface area (TPSA) is 88.2 Å². The zero-order chi connectivity index (χ0) is 13.4. The average Bonchev–Trinajstić information content (AvgIpc) is 2.68. The van der Waals surface area contributed by atoms with Crippen LogP contribution in [0.4, 0.5) is 5.69 Å². The molecule has 2 atom stereocenters. The number of nitrogens with two attached hydrogens (primary N) is 1. The van der Waals surface area contributed by atoms with E-state index in [-0.39, 0.29) is 6.79 Å². The van der Waals surface area contributed by atoms with E-state index < -0.39 is 12.2 Å². The van der Waals surface area contributed by atoms with Gasteiger partial charge in [0.2, 0.25) is 0 Å². The van der Waals surface area contributed by atoms with Crippen LogP contribution in [0, 0.1) is 0 Å². The Morgan fingerprint density at radius 3 is 2.74 bits per heavy atom. The van der Waals surface area contributed by atoms with E-state index >= 15 is 0 Å². The molecule has 104 valence electrons. The lowest BCUT2D eigenvalue weighted by Crippen LogP contribution is -2.23. The van der Waals surface area contributed by atoms with Crippen molar-refractivity contribution in [3.05, 3.63) is 23.3 Å². The zero-order valence-corrected chi connectivity index (χ0v) is 10.6. The molecule has 3 rings (SSSR count). The number of benzene rings is 1. The van der Waals surface area contributed by atoms with Crippen LogP contribution in [0.1, 0.15) is 11.1 Å². The minimum atomic E-state index is -0.680. The van der Waals surface area contributed by atoms with Crippen molar-refractivity contribution in [2.24, 2.45) is 0 Å². The summed E-state index contributed by atoms with van der Waals surface area (Å²) in [5.74, 6) is 0.816. The van der Waals surface area contributed by atoms with E-state index in [0.717, 1.165) is 16.9 Å². The van der Waals surface area contributed by atoms with Crippen molar-refractivity contribution in [2.75, 3.05) is 25.6 Å². The number of ether oxygens (including phenoxy) is 2.